The van der Waals surface area contributed by atoms with Crippen LogP contribution in [-0.4, -0.2) is 64.3 Å². The molecule has 7 nitrogen and oxygen atoms in total. The monoisotopic (exact) mass is 307 g/mol. The molecule has 1 saturated heterocycles. The number of carbonyl (C=O) groups excluding carboxylic acids is 2. The highest BCUT2D eigenvalue weighted by molar-refractivity contribution is 5.88. The summed E-state index contributed by atoms with van der Waals surface area (Å²) in [5.41, 5.74) is 0. The third-order valence-electron chi connectivity index (χ3n) is 3.78. The van der Waals surface area contributed by atoms with Gasteiger partial charge in [0.15, 0.2) is 0 Å². The number of nitrogens with zero attached hydrogens (tertiary/aromatic N) is 3. The van der Waals surface area contributed by atoms with E-state index in [1.54, 1.807) is 24.3 Å². The molecule has 1 atom stereocenters. The summed E-state index contributed by atoms with van der Waals surface area (Å²) in [6, 6.07) is -0.372. The SMILES string of the molecule is CC(C)CN1CCNC(=O)C1CC(=O)N(C)Cc1ncc[nH]1. The van der Waals surface area contributed by atoms with E-state index in [2.05, 4.69) is 34.0 Å². The van der Waals surface area contributed by atoms with Gasteiger partial charge in [0.2, 0.25) is 11.8 Å². The highest BCUT2D eigenvalue weighted by Crippen LogP contribution is 2.13. The number of imidazole rings is 1. The van der Waals surface area contributed by atoms with Crippen LogP contribution in [0, 0.1) is 5.92 Å². The molecule has 0 aromatic carbocycles. The maximum atomic E-state index is 12.4. The molecule has 2 amide bonds. The summed E-state index contributed by atoms with van der Waals surface area (Å²) in [7, 11) is 1.73. The van der Waals surface area contributed by atoms with Crippen molar-refractivity contribution in [1.82, 2.24) is 25.1 Å². The quantitative estimate of drug-likeness (QED) is 0.787. The van der Waals surface area contributed by atoms with E-state index in [1.165, 1.54) is 0 Å². The number of rotatable bonds is 6. The van der Waals surface area contributed by atoms with E-state index in [0.29, 0.717) is 19.0 Å². The number of hydrogen-bond donors (Lipinski definition) is 2. The molecular formula is C15H25N5O2. The van der Waals surface area contributed by atoms with Gasteiger partial charge in [0.1, 0.15) is 5.82 Å². The van der Waals surface area contributed by atoms with Gasteiger partial charge in [-0.3, -0.25) is 14.5 Å². The zero-order chi connectivity index (χ0) is 16.1. The van der Waals surface area contributed by atoms with Crippen molar-refractivity contribution in [3.8, 4) is 0 Å². The van der Waals surface area contributed by atoms with Crippen LogP contribution >= 0.6 is 0 Å². The van der Waals surface area contributed by atoms with Crippen molar-refractivity contribution in [3.05, 3.63) is 18.2 Å². The van der Waals surface area contributed by atoms with Crippen LogP contribution in [0.4, 0.5) is 0 Å². The fraction of sp³-hybridized carbons (Fsp3) is 0.667. The Bertz CT molecular complexity index is 500. The van der Waals surface area contributed by atoms with Crippen molar-refractivity contribution in [1.29, 1.82) is 0 Å². The number of carbonyl (C=O) groups is 2. The summed E-state index contributed by atoms with van der Waals surface area (Å²) in [5.74, 6) is 1.10. The molecule has 1 unspecified atom stereocenters. The van der Waals surface area contributed by atoms with E-state index in [1.807, 2.05) is 0 Å². The van der Waals surface area contributed by atoms with Gasteiger partial charge < -0.3 is 15.2 Å². The van der Waals surface area contributed by atoms with Gasteiger partial charge in [-0.1, -0.05) is 13.8 Å². The van der Waals surface area contributed by atoms with E-state index in [9.17, 15) is 9.59 Å². The average molecular weight is 307 g/mol. The highest BCUT2D eigenvalue weighted by atomic mass is 16.2. The van der Waals surface area contributed by atoms with Crippen molar-refractivity contribution in [2.24, 2.45) is 5.92 Å². The van der Waals surface area contributed by atoms with E-state index in [-0.39, 0.29) is 24.3 Å². The largest absolute Gasteiger partial charge is 0.353 e. The normalized spacial score (nSPS) is 19.3. The van der Waals surface area contributed by atoms with Crippen molar-refractivity contribution in [2.45, 2.75) is 32.9 Å². The molecule has 1 aromatic heterocycles. The van der Waals surface area contributed by atoms with Gasteiger partial charge in [-0.05, 0) is 5.92 Å². The molecule has 2 N–H and O–H groups in total. The van der Waals surface area contributed by atoms with Crippen LogP contribution in [0.2, 0.25) is 0 Å². The standard InChI is InChI=1S/C15H25N5O2/c1-11(2)9-20-7-6-18-15(22)12(20)8-14(21)19(3)10-13-16-4-5-17-13/h4-5,11-12H,6-10H2,1-3H3,(H,16,17)(H,18,22). The van der Waals surface area contributed by atoms with Crippen molar-refractivity contribution < 1.29 is 9.59 Å². The first-order valence-corrected chi connectivity index (χ1v) is 7.71. The van der Waals surface area contributed by atoms with Gasteiger partial charge in [0, 0.05) is 39.1 Å². The first-order chi connectivity index (χ1) is 10.5. The van der Waals surface area contributed by atoms with Gasteiger partial charge in [-0.15, -0.1) is 0 Å². The Balaban J connectivity index is 1.95. The highest BCUT2D eigenvalue weighted by Gasteiger charge is 2.32. The Labute approximate surface area is 131 Å². The minimum atomic E-state index is -0.372. The molecular weight excluding hydrogens is 282 g/mol. The van der Waals surface area contributed by atoms with E-state index < -0.39 is 0 Å². The van der Waals surface area contributed by atoms with Crippen LogP contribution in [-0.2, 0) is 16.1 Å². The Morgan fingerprint density at radius 1 is 1.55 bits per heavy atom. The first kappa shape index (κ1) is 16.5. The Morgan fingerprint density at radius 2 is 2.32 bits per heavy atom. The number of aromatic nitrogens is 2. The van der Waals surface area contributed by atoms with Crippen LogP contribution in [0.25, 0.3) is 0 Å². The molecule has 122 valence electrons. The summed E-state index contributed by atoms with van der Waals surface area (Å²) in [6.07, 6.45) is 3.59. The summed E-state index contributed by atoms with van der Waals surface area (Å²) in [5, 5.41) is 2.86. The van der Waals surface area contributed by atoms with Gasteiger partial charge in [0.25, 0.3) is 0 Å². The zero-order valence-electron chi connectivity index (χ0n) is 13.5. The number of H-pyrrole nitrogens is 1. The van der Waals surface area contributed by atoms with Gasteiger partial charge in [-0.25, -0.2) is 4.98 Å². The van der Waals surface area contributed by atoms with E-state index >= 15 is 0 Å². The molecule has 2 rings (SSSR count). The van der Waals surface area contributed by atoms with Crippen molar-refractivity contribution in [2.75, 3.05) is 26.7 Å². The fourth-order valence-electron chi connectivity index (χ4n) is 2.69. The number of hydrogen-bond acceptors (Lipinski definition) is 4. The molecule has 1 aliphatic heterocycles. The number of aromatic amines is 1. The smallest absolute Gasteiger partial charge is 0.237 e. The number of amides is 2. The van der Waals surface area contributed by atoms with Crippen LogP contribution in [0.1, 0.15) is 26.1 Å². The number of nitrogens with one attached hydrogen (secondary N) is 2. The van der Waals surface area contributed by atoms with Gasteiger partial charge >= 0.3 is 0 Å². The summed E-state index contributed by atoms with van der Waals surface area (Å²) >= 11 is 0. The second-order valence-electron chi connectivity index (χ2n) is 6.19. The second-order valence-corrected chi connectivity index (χ2v) is 6.19. The predicted molar refractivity (Wildman–Crippen MR) is 82.9 cm³/mol. The second kappa shape index (κ2) is 7.40. The Hall–Kier alpha value is -1.89. The summed E-state index contributed by atoms with van der Waals surface area (Å²) < 4.78 is 0. The summed E-state index contributed by atoms with van der Waals surface area (Å²) in [4.78, 5) is 35.3. The predicted octanol–water partition coefficient (Wildman–Crippen LogP) is 0.215. The van der Waals surface area contributed by atoms with E-state index in [0.717, 1.165) is 18.9 Å². The molecule has 1 aliphatic rings. The lowest BCUT2D eigenvalue weighted by atomic mass is 10.1. The minimum absolute atomic E-state index is 0.0489. The van der Waals surface area contributed by atoms with Crippen LogP contribution in [0.3, 0.4) is 0 Å². The maximum Gasteiger partial charge on any atom is 0.237 e. The Morgan fingerprint density at radius 3 is 2.95 bits per heavy atom. The van der Waals surface area contributed by atoms with Crippen LogP contribution in [0.15, 0.2) is 12.4 Å². The average Bonchev–Trinajstić information content (AvgIpc) is 2.94. The molecule has 0 aliphatic carbocycles. The fourth-order valence-corrected chi connectivity index (χ4v) is 2.69. The lowest BCUT2D eigenvalue weighted by Gasteiger charge is -2.36. The first-order valence-electron chi connectivity index (χ1n) is 7.71. The molecule has 7 heteroatoms. The molecule has 0 spiro atoms. The van der Waals surface area contributed by atoms with Crippen molar-refractivity contribution in [3.63, 3.8) is 0 Å². The van der Waals surface area contributed by atoms with Crippen molar-refractivity contribution >= 4 is 11.8 Å². The Kier molecular flexibility index (Phi) is 5.54. The third-order valence-corrected chi connectivity index (χ3v) is 3.78. The molecule has 2 heterocycles. The zero-order valence-corrected chi connectivity index (χ0v) is 13.5. The lowest BCUT2D eigenvalue weighted by Crippen LogP contribution is -2.57. The number of piperazine rings is 1. The molecule has 0 saturated carbocycles. The molecule has 1 aromatic rings. The molecule has 22 heavy (non-hydrogen) atoms. The lowest BCUT2D eigenvalue weighted by molar-refractivity contribution is -0.138. The molecule has 1 fully saturated rings. The van der Waals surface area contributed by atoms with Gasteiger partial charge in [0.05, 0.1) is 19.0 Å². The molecule has 0 bridgehead atoms. The van der Waals surface area contributed by atoms with Gasteiger partial charge in [-0.2, -0.15) is 0 Å². The maximum absolute atomic E-state index is 12.4. The summed E-state index contributed by atoms with van der Waals surface area (Å²) in [6.45, 7) is 6.93. The molecule has 0 radical (unpaired) electrons. The minimum Gasteiger partial charge on any atom is -0.353 e. The van der Waals surface area contributed by atoms with E-state index in [4.69, 9.17) is 0 Å². The van der Waals surface area contributed by atoms with Crippen LogP contribution in [0.5, 0.6) is 0 Å². The third kappa shape index (κ3) is 4.30. The topological polar surface area (TPSA) is 81.3 Å². The van der Waals surface area contributed by atoms with Crippen LogP contribution < -0.4 is 5.32 Å².